The predicted molar refractivity (Wildman–Crippen MR) is 85.6 cm³/mol. The van der Waals surface area contributed by atoms with Crippen LogP contribution in [0.5, 0.6) is 0 Å². The van der Waals surface area contributed by atoms with E-state index < -0.39 is 0 Å². The molecule has 128 valence electrons. The van der Waals surface area contributed by atoms with E-state index >= 15 is 0 Å². The Morgan fingerprint density at radius 2 is 1.96 bits per heavy atom. The van der Waals surface area contributed by atoms with Crippen molar-refractivity contribution in [2.75, 3.05) is 19.6 Å². The third-order valence-electron chi connectivity index (χ3n) is 4.06. The van der Waals surface area contributed by atoms with Gasteiger partial charge < -0.3 is 20.1 Å². The van der Waals surface area contributed by atoms with Crippen molar-refractivity contribution < 1.29 is 9.59 Å². The summed E-state index contributed by atoms with van der Waals surface area (Å²) in [5.74, 6) is 0.800. The molecule has 0 spiro atoms. The van der Waals surface area contributed by atoms with Gasteiger partial charge >= 0.3 is 6.03 Å². The Labute approximate surface area is 136 Å². The number of hydrogen-bond donors (Lipinski definition) is 2. The fourth-order valence-electron chi connectivity index (χ4n) is 2.76. The molecule has 1 aliphatic rings. The van der Waals surface area contributed by atoms with Crippen LogP contribution in [0.15, 0.2) is 6.33 Å². The molecule has 0 bridgehead atoms. The standard InChI is InChI=1S/C15H26N6O2/c1-12(14-19-17-11-20(14)2)18-15(23)16-8-7-13(22)21-9-5-3-4-6-10-21/h11-12H,3-10H2,1-2H3,(H2,16,18,23). The zero-order valence-corrected chi connectivity index (χ0v) is 13.9. The molecule has 1 aliphatic heterocycles. The van der Waals surface area contributed by atoms with E-state index in [0.717, 1.165) is 25.9 Å². The van der Waals surface area contributed by atoms with Crippen LogP contribution >= 0.6 is 0 Å². The molecule has 0 aromatic carbocycles. The van der Waals surface area contributed by atoms with Crippen molar-refractivity contribution in [3.8, 4) is 0 Å². The van der Waals surface area contributed by atoms with E-state index in [1.165, 1.54) is 12.8 Å². The first-order valence-corrected chi connectivity index (χ1v) is 8.24. The number of urea groups is 1. The van der Waals surface area contributed by atoms with E-state index in [1.54, 1.807) is 10.9 Å². The summed E-state index contributed by atoms with van der Waals surface area (Å²) in [7, 11) is 1.82. The second-order valence-corrected chi connectivity index (χ2v) is 5.97. The van der Waals surface area contributed by atoms with Crippen molar-refractivity contribution in [1.82, 2.24) is 30.3 Å². The number of likely N-dealkylation sites (tertiary alicyclic amines) is 1. The molecule has 1 saturated heterocycles. The monoisotopic (exact) mass is 322 g/mol. The zero-order valence-electron chi connectivity index (χ0n) is 13.9. The van der Waals surface area contributed by atoms with Crippen LogP contribution in [-0.2, 0) is 11.8 Å². The first kappa shape index (κ1) is 17.2. The smallest absolute Gasteiger partial charge is 0.315 e. The fraction of sp³-hybridized carbons (Fsp3) is 0.733. The number of carbonyl (C=O) groups excluding carboxylic acids is 2. The van der Waals surface area contributed by atoms with Gasteiger partial charge in [-0.2, -0.15) is 0 Å². The van der Waals surface area contributed by atoms with Crippen LogP contribution in [0.25, 0.3) is 0 Å². The molecule has 1 aromatic heterocycles. The van der Waals surface area contributed by atoms with Gasteiger partial charge in [0.05, 0.1) is 6.04 Å². The topological polar surface area (TPSA) is 92.2 Å². The molecule has 2 N–H and O–H groups in total. The van der Waals surface area contributed by atoms with Crippen LogP contribution in [0.2, 0.25) is 0 Å². The van der Waals surface area contributed by atoms with Crippen LogP contribution in [0.1, 0.15) is 50.9 Å². The Kier molecular flexibility index (Phi) is 6.37. The molecule has 1 aromatic rings. The summed E-state index contributed by atoms with van der Waals surface area (Å²) < 4.78 is 1.76. The second-order valence-electron chi connectivity index (χ2n) is 5.97. The molecule has 23 heavy (non-hydrogen) atoms. The molecule has 0 saturated carbocycles. The van der Waals surface area contributed by atoms with Crippen molar-refractivity contribution in [3.05, 3.63) is 12.2 Å². The van der Waals surface area contributed by atoms with E-state index in [4.69, 9.17) is 0 Å². The summed E-state index contributed by atoms with van der Waals surface area (Å²) >= 11 is 0. The highest BCUT2D eigenvalue weighted by Gasteiger charge is 2.16. The Hall–Kier alpha value is -2.12. The van der Waals surface area contributed by atoms with Crippen molar-refractivity contribution in [2.24, 2.45) is 7.05 Å². The van der Waals surface area contributed by atoms with Crippen molar-refractivity contribution in [1.29, 1.82) is 0 Å². The molecule has 1 unspecified atom stereocenters. The summed E-state index contributed by atoms with van der Waals surface area (Å²) in [6.07, 6.45) is 6.48. The summed E-state index contributed by atoms with van der Waals surface area (Å²) in [4.78, 5) is 25.9. The lowest BCUT2D eigenvalue weighted by molar-refractivity contribution is -0.131. The molecule has 1 fully saturated rings. The number of amides is 3. The minimum absolute atomic E-state index is 0.119. The quantitative estimate of drug-likeness (QED) is 0.845. The summed E-state index contributed by atoms with van der Waals surface area (Å²) in [6.45, 7) is 3.86. The molecule has 8 heteroatoms. The number of hydrogen-bond acceptors (Lipinski definition) is 4. The van der Waals surface area contributed by atoms with Crippen LogP contribution < -0.4 is 10.6 Å². The van der Waals surface area contributed by atoms with Gasteiger partial charge in [0.25, 0.3) is 0 Å². The van der Waals surface area contributed by atoms with Crippen molar-refractivity contribution in [3.63, 3.8) is 0 Å². The lowest BCUT2D eigenvalue weighted by Gasteiger charge is -2.20. The molecule has 2 heterocycles. The van der Waals surface area contributed by atoms with E-state index in [9.17, 15) is 9.59 Å². The van der Waals surface area contributed by atoms with E-state index in [2.05, 4.69) is 20.8 Å². The molecule has 3 amide bonds. The predicted octanol–water partition coefficient (Wildman–Crippen LogP) is 0.968. The van der Waals surface area contributed by atoms with Crippen LogP contribution in [-0.4, -0.2) is 51.2 Å². The van der Waals surface area contributed by atoms with Crippen LogP contribution in [0, 0.1) is 0 Å². The fourth-order valence-corrected chi connectivity index (χ4v) is 2.76. The maximum atomic E-state index is 12.1. The van der Waals surface area contributed by atoms with E-state index in [-0.39, 0.29) is 18.0 Å². The molecule has 0 radical (unpaired) electrons. The van der Waals surface area contributed by atoms with Gasteiger partial charge in [-0.3, -0.25) is 4.79 Å². The lowest BCUT2D eigenvalue weighted by atomic mass is 10.2. The maximum absolute atomic E-state index is 12.1. The van der Waals surface area contributed by atoms with Gasteiger partial charge in [-0.05, 0) is 19.8 Å². The first-order valence-electron chi connectivity index (χ1n) is 8.24. The zero-order chi connectivity index (χ0) is 16.7. The van der Waals surface area contributed by atoms with Gasteiger partial charge in [0.15, 0.2) is 5.82 Å². The van der Waals surface area contributed by atoms with E-state index in [0.29, 0.717) is 18.8 Å². The highest BCUT2D eigenvalue weighted by Crippen LogP contribution is 2.10. The van der Waals surface area contributed by atoms with Gasteiger partial charge in [0, 0.05) is 33.1 Å². The maximum Gasteiger partial charge on any atom is 0.315 e. The normalized spacial score (nSPS) is 16.5. The third kappa shape index (κ3) is 5.22. The van der Waals surface area contributed by atoms with Gasteiger partial charge in [0.2, 0.25) is 5.91 Å². The SMILES string of the molecule is CC(NC(=O)NCCC(=O)N1CCCCCC1)c1nncn1C. The number of carbonyl (C=O) groups is 2. The lowest BCUT2D eigenvalue weighted by Crippen LogP contribution is -2.40. The Morgan fingerprint density at radius 1 is 1.26 bits per heavy atom. The summed E-state index contributed by atoms with van der Waals surface area (Å²) in [5.41, 5.74) is 0. The van der Waals surface area contributed by atoms with Crippen LogP contribution in [0.3, 0.4) is 0 Å². The number of aryl methyl sites for hydroxylation is 1. The number of aromatic nitrogens is 3. The number of nitrogens with zero attached hydrogens (tertiary/aromatic N) is 4. The molecule has 1 atom stereocenters. The molecule has 8 nitrogen and oxygen atoms in total. The minimum Gasteiger partial charge on any atom is -0.343 e. The second kappa shape index (κ2) is 8.50. The highest BCUT2D eigenvalue weighted by atomic mass is 16.2. The van der Waals surface area contributed by atoms with Crippen molar-refractivity contribution >= 4 is 11.9 Å². The van der Waals surface area contributed by atoms with Gasteiger partial charge in [-0.1, -0.05) is 12.8 Å². The van der Waals surface area contributed by atoms with Gasteiger partial charge in [0.1, 0.15) is 6.33 Å². The number of nitrogens with one attached hydrogen (secondary N) is 2. The summed E-state index contributed by atoms with van der Waals surface area (Å²) in [6, 6.07) is -0.548. The average Bonchev–Trinajstić information content (AvgIpc) is 2.77. The Balaban J connectivity index is 1.68. The largest absolute Gasteiger partial charge is 0.343 e. The van der Waals surface area contributed by atoms with Gasteiger partial charge in [-0.25, -0.2) is 4.79 Å². The summed E-state index contributed by atoms with van der Waals surface area (Å²) in [5, 5.41) is 13.3. The Bertz CT molecular complexity index is 522. The van der Waals surface area contributed by atoms with Crippen LogP contribution in [0.4, 0.5) is 4.79 Å². The Morgan fingerprint density at radius 3 is 2.57 bits per heavy atom. The first-order chi connectivity index (χ1) is 11.1. The molecule has 2 rings (SSSR count). The number of rotatable bonds is 5. The van der Waals surface area contributed by atoms with E-state index in [1.807, 2.05) is 18.9 Å². The third-order valence-corrected chi connectivity index (χ3v) is 4.06. The molecular formula is C15H26N6O2. The average molecular weight is 322 g/mol. The molecule has 0 aliphatic carbocycles. The molecular weight excluding hydrogens is 296 g/mol. The van der Waals surface area contributed by atoms with Gasteiger partial charge in [-0.15, -0.1) is 10.2 Å². The minimum atomic E-state index is -0.302. The van der Waals surface area contributed by atoms with Crippen molar-refractivity contribution in [2.45, 2.75) is 45.1 Å². The highest BCUT2D eigenvalue weighted by molar-refractivity contribution is 5.78.